The first kappa shape index (κ1) is 13.0. The van der Waals surface area contributed by atoms with Gasteiger partial charge in [0.15, 0.2) is 0 Å². The number of fused-ring (bicyclic) bond motifs is 3. The van der Waals surface area contributed by atoms with E-state index in [1.807, 2.05) is 23.1 Å². The largest absolute Gasteiger partial charge is 0.264 e. The summed E-state index contributed by atoms with van der Waals surface area (Å²) in [6, 6.07) is 6.47. The maximum absolute atomic E-state index is 4.87. The number of nitrogens with zero attached hydrogens (tertiary/aromatic N) is 4. The van der Waals surface area contributed by atoms with Crippen LogP contribution in [0, 0.1) is 6.92 Å². The Kier molecular flexibility index (Phi) is 2.42. The van der Waals surface area contributed by atoms with Crippen molar-refractivity contribution < 1.29 is 0 Å². The molecule has 0 N–H and O–H groups in total. The van der Waals surface area contributed by atoms with E-state index in [1.165, 1.54) is 36.1 Å². The van der Waals surface area contributed by atoms with Gasteiger partial charge in [-0.3, -0.25) is 9.98 Å². The van der Waals surface area contributed by atoms with E-state index in [0.29, 0.717) is 0 Å². The minimum atomic E-state index is 0.234. The molecule has 0 bridgehead atoms. The first-order valence-corrected chi connectivity index (χ1v) is 8.18. The van der Waals surface area contributed by atoms with E-state index in [2.05, 4.69) is 36.1 Å². The van der Waals surface area contributed by atoms with Gasteiger partial charge in [0.1, 0.15) is 0 Å². The lowest BCUT2D eigenvalue weighted by molar-refractivity contribution is 0.345. The number of aryl methyl sites for hydroxylation is 1. The summed E-state index contributed by atoms with van der Waals surface area (Å²) in [5.41, 5.74) is 7.38. The van der Waals surface area contributed by atoms with E-state index in [4.69, 9.17) is 4.99 Å². The van der Waals surface area contributed by atoms with Crippen LogP contribution in [0.15, 0.2) is 41.8 Å². The van der Waals surface area contributed by atoms with Gasteiger partial charge in [0.2, 0.25) is 0 Å². The van der Waals surface area contributed by atoms with Gasteiger partial charge >= 0.3 is 0 Å². The summed E-state index contributed by atoms with van der Waals surface area (Å²) in [4.78, 5) is 9.04. The second-order valence-corrected chi connectivity index (χ2v) is 6.80. The molecule has 1 saturated carbocycles. The molecule has 0 atom stereocenters. The summed E-state index contributed by atoms with van der Waals surface area (Å²) in [6.07, 6.45) is 9.47. The van der Waals surface area contributed by atoms with Gasteiger partial charge in [-0.25, -0.2) is 4.68 Å². The second kappa shape index (κ2) is 4.28. The van der Waals surface area contributed by atoms with Gasteiger partial charge in [0, 0.05) is 35.1 Å². The third kappa shape index (κ3) is 1.63. The lowest BCUT2D eigenvalue weighted by Gasteiger charge is -2.39. The third-order valence-electron chi connectivity index (χ3n) is 5.57. The molecule has 4 heteroatoms. The molecule has 5 rings (SSSR count). The third-order valence-corrected chi connectivity index (χ3v) is 5.57. The van der Waals surface area contributed by atoms with E-state index in [9.17, 15) is 0 Å². The van der Waals surface area contributed by atoms with Crippen molar-refractivity contribution in [2.45, 2.75) is 38.5 Å². The Balaban J connectivity index is 1.69. The minimum Gasteiger partial charge on any atom is -0.264 e. The lowest BCUT2D eigenvalue weighted by atomic mass is 9.62. The number of rotatable bonds is 1. The highest BCUT2D eigenvalue weighted by molar-refractivity contribution is 6.01. The fourth-order valence-corrected chi connectivity index (χ4v) is 4.04. The SMILES string of the molecule is CC1=Nc2cc(-n3cc4cnccc4n3)c(C)cc2C12CCC2. The molecule has 2 aliphatic rings. The van der Waals surface area contributed by atoms with Crippen molar-refractivity contribution in [2.75, 3.05) is 0 Å². The van der Waals surface area contributed by atoms with Crippen molar-refractivity contribution in [2.24, 2.45) is 4.99 Å². The highest BCUT2D eigenvalue weighted by Gasteiger charge is 2.46. The Morgan fingerprint density at radius 3 is 2.78 bits per heavy atom. The van der Waals surface area contributed by atoms with Crippen LogP contribution in [0.3, 0.4) is 0 Å². The fourth-order valence-electron chi connectivity index (χ4n) is 4.04. The molecule has 3 heterocycles. The predicted molar refractivity (Wildman–Crippen MR) is 91.9 cm³/mol. The van der Waals surface area contributed by atoms with Crippen LogP contribution in [-0.2, 0) is 5.41 Å². The van der Waals surface area contributed by atoms with E-state index in [1.54, 1.807) is 6.20 Å². The van der Waals surface area contributed by atoms with Crippen LogP contribution in [0.2, 0.25) is 0 Å². The summed E-state index contributed by atoms with van der Waals surface area (Å²) in [5, 5.41) is 5.74. The maximum Gasteiger partial charge on any atom is 0.0958 e. The van der Waals surface area contributed by atoms with Crippen LogP contribution in [0.4, 0.5) is 5.69 Å². The molecule has 1 fully saturated rings. The average Bonchev–Trinajstić information content (AvgIpc) is 3.03. The first-order chi connectivity index (χ1) is 11.2. The van der Waals surface area contributed by atoms with Gasteiger partial charge in [0.05, 0.1) is 16.9 Å². The van der Waals surface area contributed by atoms with Crippen molar-refractivity contribution in [1.29, 1.82) is 0 Å². The zero-order valence-corrected chi connectivity index (χ0v) is 13.4. The molecule has 0 amide bonds. The lowest BCUT2D eigenvalue weighted by Crippen LogP contribution is -2.38. The Hall–Kier alpha value is -2.49. The van der Waals surface area contributed by atoms with E-state index in [-0.39, 0.29) is 5.41 Å². The highest BCUT2D eigenvalue weighted by Crippen LogP contribution is 2.53. The summed E-state index contributed by atoms with van der Waals surface area (Å²) in [5.74, 6) is 0. The molecular weight excluding hydrogens is 284 g/mol. The van der Waals surface area contributed by atoms with E-state index >= 15 is 0 Å². The molecule has 23 heavy (non-hydrogen) atoms. The number of hydrogen-bond donors (Lipinski definition) is 0. The zero-order chi connectivity index (χ0) is 15.6. The van der Waals surface area contributed by atoms with Crippen molar-refractivity contribution in [3.05, 3.63) is 47.9 Å². The quantitative estimate of drug-likeness (QED) is 0.674. The monoisotopic (exact) mass is 302 g/mol. The molecule has 1 aromatic carbocycles. The van der Waals surface area contributed by atoms with Crippen molar-refractivity contribution in [3.63, 3.8) is 0 Å². The van der Waals surface area contributed by atoms with Crippen molar-refractivity contribution >= 4 is 22.3 Å². The number of hydrogen-bond acceptors (Lipinski definition) is 3. The molecule has 0 radical (unpaired) electrons. The van der Waals surface area contributed by atoms with Crippen LogP contribution in [0.1, 0.15) is 37.3 Å². The second-order valence-electron chi connectivity index (χ2n) is 6.80. The molecule has 2 aromatic heterocycles. The number of aromatic nitrogens is 3. The molecule has 1 aliphatic carbocycles. The predicted octanol–water partition coefficient (Wildman–Crippen LogP) is 4.26. The summed E-state index contributed by atoms with van der Waals surface area (Å²) in [6.45, 7) is 4.35. The van der Waals surface area contributed by atoms with E-state index in [0.717, 1.165) is 22.3 Å². The summed E-state index contributed by atoms with van der Waals surface area (Å²) >= 11 is 0. The van der Waals surface area contributed by atoms with Gasteiger partial charge < -0.3 is 0 Å². The Bertz CT molecular complexity index is 943. The van der Waals surface area contributed by atoms with Crippen molar-refractivity contribution in [3.8, 4) is 5.69 Å². The van der Waals surface area contributed by atoms with Gasteiger partial charge in [-0.05, 0) is 49.9 Å². The molecule has 1 spiro atoms. The molecule has 3 aromatic rings. The molecule has 0 saturated heterocycles. The van der Waals surface area contributed by atoms with Crippen LogP contribution < -0.4 is 0 Å². The van der Waals surface area contributed by atoms with Gasteiger partial charge in [-0.15, -0.1) is 0 Å². The zero-order valence-electron chi connectivity index (χ0n) is 13.4. The Labute approximate surface area is 134 Å². The van der Waals surface area contributed by atoms with Crippen LogP contribution in [0.25, 0.3) is 16.6 Å². The molecule has 0 unspecified atom stereocenters. The molecule has 114 valence electrons. The normalized spacial score (nSPS) is 18.1. The summed E-state index contributed by atoms with van der Waals surface area (Å²) in [7, 11) is 0. The Morgan fingerprint density at radius 1 is 1.17 bits per heavy atom. The highest BCUT2D eigenvalue weighted by atomic mass is 15.3. The van der Waals surface area contributed by atoms with Gasteiger partial charge in [0.25, 0.3) is 0 Å². The minimum absolute atomic E-state index is 0.234. The number of pyridine rings is 1. The maximum atomic E-state index is 4.87. The fraction of sp³-hybridized carbons (Fsp3) is 0.316. The van der Waals surface area contributed by atoms with Crippen LogP contribution >= 0.6 is 0 Å². The van der Waals surface area contributed by atoms with Gasteiger partial charge in [-0.2, -0.15) is 5.10 Å². The van der Waals surface area contributed by atoms with E-state index < -0.39 is 0 Å². The molecule has 1 aliphatic heterocycles. The van der Waals surface area contributed by atoms with Crippen LogP contribution in [-0.4, -0.2) is 20.5 Å². The van der Waals surface area contributed by atoms with Gasteiger partial charge in [-0.1, -0.05) is 12.5 Å². The standard InChI is InChI=1S/C19H18N4/c1-12-8-15-17(21-13(2)19(15)5-3-6-19)9-18(12)23-11-14-10-20-7-4-16(14)22-23/h4,7-11H,3,5-6H2,1-2H3. The first-order valence-electron chi connectivity index (χ1n) is 8.18. The number of aliphatic imine (C=N–C) groups is 1. The smallest absolute Gasteiger partial charge is 0.0958 e. The topological polar surface area (TPSA) is 43.1 Å². The van der Waals surface area contributed by atoms with Crippen molar-refractivity contribution in [1.82, 2.24) is 14.8 Å². The Morgan fingerprint density at radius 2 is 2.04 bits per heavy atom. The summed E-state index contributed by atoms with van der Waals surface area (Å²) < 4.78 is 1.96. The molecular formula is C19H18N4. The number of benzene rings is 1. The molecule has 4 nitrogen and oxygen atoms in total. The average molecular weight is 302 g/mol. The van der Waals surface area contributed by atoms with Crippen LogP contribution in [0.5, 0.6) is 0 Å².